The highest BCUT2D eigenvalue weighted by Crippen LogP contribution is 2.10. The van der Waals surface area contributed by atoms with E-state index in [0.29, 0.717) is 5.56 Å². The van der Waals surface area contributed by atoms with Gasteiger partial charge in [0.1, 0.15) is 18.3 Å². The van der Waals surface area contributed by atoms with E-state index in [1.54, 1.807) is 12.1 Å². The second kappa shape index (κ2) is 12.0. The van der Waals surface area contributed by atoms with Crippen molar-refractivity contribution in [2.75, 3.05) is 13.1 Å². The number of amides is 4. The van der Waals surface area contributed by atoms with Gasteiger partial charge in [-0.1, -0.05) is 12.1 Å². The molecule has 0 fully saturated rings. The second-order valence-electron chi connectivity index (χ2n) is 6.43. The minimum atomic E-state index is -1.28. The summed E-state index contributed by atoms with van der Waals surface area (Å²) in [5.74, 6) is -4.05. The zero-order chi connectivity index (χ0) is 22.7. The number of carbonyl (C=O) groups excluding carboxylic acids is 4. The topological polar surface area (TPSA) is 214 Å². The Kier molecular flexibility index (Phi) is 9.76. The normalized spacial score (nSPS) is 12.3. The van der Waals surface area contributed by atoms with Crippen LogP contribution in [-0.4, -0.2) is 65.0 Å². The molecule has 12 nitrogen and oxygen atoms in total. The van der Waals surface area contributed by atoms with Crippen molar-refractivity contribution in [3.05, 3.63) is 29.8 Å². The summed E-state index contributed by atoms with van der Waals surface area (Å²) in [4.78, 5) is 57.6. The number of aliphatic carboxylic acids is 1. The Morgan fingerprint density at radius 1 is 0.967 bits per heavy atom. The highest BCUT2D eigenvalue weighted by molar-refractivity contribution is 5.92. The zero-order valence-electron chi connectivity index (χ0n) is 16.1. The van der Waals surface area contributed by atoms with E-state index >= 15 is 0 Å². The molecule has 0 aromatic heterocycles. The molecule has 1 aromatic rings. The second-order valence-corrected chi connectivity index (χ2v) is 6.43. The van der Waals surface area contributed by atoms with Gasteiger partial charge >= 0.3 is 5.97 Å². The van der Waals surface area contributed by atoms with Gasteiger partial charge < -0.3 is 37.6 Å². The van der Waals surface area contributed by atoms with Gasteiger partial charge in [0.2, 0.25) is 23.6 Å². The van der Waals surface area contributed by atoms with Gasteiger partial charge in [-0.05, 0) is 30.5 Å². The lowest BCUT2D eigenvalue weighted by Gasteiger charge is -2.18. The molecule has 4 amide bonds. The molecule has 0 saturated carbocycles. The average molecular weight is 423 g/mol. The lowest BCUT2D eigenvalue weighted by molar-refractivity contribution is -0.138. The van der Waals surface area contributed by atoms with Crippen molar-refractivity contribution in [3.63, 3.8) is 0 Å². The molecule has 0 heterocycles. The van der Waals surface area contributed by atoms with Crippen LogP contribution >= 0.6 is 0 Å². The first-order valence-corrected chi connectivity index (χ1v) is 8.97. The van der Waals surface area contributed by atoms with E-state index in [9.17, 15) is 29.1 Å². The van der Waals surface area contributed by atoms with E-state index < -0.39 is 54.8 Å². The standard InChI is InChI=1S/C18H25N5O7/c19-12(7-10-1-3-11(24)4-2-10)17(29)21-8-15(26)23-13(5-6-14(20)25)18(30)22-9-16(27)28/h1-4,12-13,24H,5-9,19H2,(H2,20,25)(H,21,29)(H,22,30)(H,23,26)(H,27,28). The van der Waals surface area contributed by atoms with Crippen LogP contribution in [0.5, 0.6) is 5.75 Å². The molecule has 30 heavy (non-hydrogen) atoms. The third-order valence-corrected chi connectivity index (χ3v) is 3.90. The summed E-state index contributed by atoms with van der Waals surface area (Å²) >= 11 is 0. The number of aromatic hydroxyl groups is 1. The predicted molar refractivity (Wildman–Crippen MR) is 104 cm³/mol. The van der Waals surface area contributed by atoms with Crippen molar-refractivity contribution in [1.29, 1.82) is 0 Å². The molecule has 9 N–H and O–H groups in total. The van der Waals surface area contributed by atoms with Gasteiger partial charge in [0.15, 0.2) is 0 Å². The molecule has 0 aliphatic heterocycles. The third kappa shape index (κ3) is 9.50. The smallest absolute Gasteiger partial charge is 0.322 e. The summed E-state index contributed by atoms with van der Waals surface area (Å²) in [5.41, 5.74) is 11.5. The van der Waals surface area contributed by atoms with Gasteiger partial charge in [-0.25, -0.2) is 0 Å². The minimum Gasteiger partial charge on any atom is -0.508 e. The molecule has 0 aliphatic carbocycles. The SMILES string of the molecule is NC(=O)CCC(NC(=O)CNC(=O)C(N)Cc1ccc(O)cc1)C(=O)NCC(=O)O. The number of carbonyl (C=O) groups is 5. The van der Waals surface area contributed by atoms with Crippen molar-refractivity contribution in [2.45, 2.75) is 31.3 Å². The molecule has 164 valence electrons. The van der Waals surface area contributed by atoms with E-state index in [0.717, 1.165) is 0 Å². The van der Waals surface area contributed by atoms with Crippen LogP contribution in [-0.2, 0) is 30.4 Å². The van der Waals surface area contributed by atoms with Gasteiger partial charge in [0, 0.05) is 6.42 Å². The fourth-order valence-electron chi connectivity index (χ4n) is 2.36. The number of carboxylic acid groups (broad SMARTS) is 1. The van der Waals surface area contributed by atoms with Gasteiger partial charge in [0.05, 0.1) is 12.6 Å². The van der Waals surface area contributed by atoms with Gasteiger partial charge in [-0.3, -0.25) is 24.0 Å². The lowest BCUT2D eigenvalue weighted by atomic mass is 10.1. The molecule has 2 unspecified atom stereocenters. The molecule has 0 spiro atoms. The zero-order valence-corrected chi connectivity index (χ0v) is 16.1. The molecule has 2 atom stereocenters. The average Bonchev–Trinajstić information content (AvgIpc) is 2.68. The predicted octanol–water partition coefficient (Wildman–Crippen LogP) is -2.67. The maximum absolute atomic E-state index is 12.1. The monoisotopic (exact) mass is 423 g/mol. The Morgan fingerprint density at radius 3 is 2.13 bits per heavy atom. The Morgan fingerprint density at radius 2 is 1.57 bits per heavy atom. The number of nitrogens with two attached hydrogens (primary N) is 2. The molecule has 1 aromatic carbocycles. The summed E-state index contributed by atoms with van der Waals surface area (Å²) in [6.07, 6.45) is -0.178. The minimum absolute atomic E-state index is 0.0757. The number of hydrogen-bond acceptors (Lipinski definition) is 7. The quantitative estimate of drug-likeness (QED) is 0.188. The first-order valence-electron chi connectivity index (χ1n) is 8.97. The number of benzene rings is 1. The molecule has 12 heteroatoms. The Labute approximate surface area is 172 Å². The number of hydrogen-bond donors (Lipinski definition) is 7. The number of phenols is 1. The molecule has 0 aliphatic rings. The molecule has 0 saturated heterocycles. The number of phenolic OH excluding ortho intramolecular Hbond substituents is 1. The van der Waals surface area contributed by atoms with Crippen LogP contribution in [0.1, 0.15) is 18.4 Å². The van der Waals surface area contributed by atoms with Gasteiger partial charge in [-0.2, -0.15) is 0 Å². The highest BCUT2D eigenvalue weighted by Gasteiger charge is 2.22. The van der Waals surface area contributed by atoms with Crippen LogP contribution in [0.2, 0.25) is 0 Å². The summed E-state index contributed by atoms with van der Waals surface area (Å²) < 4.78 is 0. The van der Waals surface area contributed by atoms with Crippen molar-refractivity contribution >= 4 is 29.6 Å². The fourth-order valence-corrected chi connectivity index (χ4v) is 2.36. The van der Waals surface area contributed by atoms with Crippen LogP contribution < -0.4 is 27.4 Å². The summed E-state index contributed by atoms with van der Waals surface area (Å²) in [6.45, 7) is -1.15. The molecular formula is C18H25N5O7. The maximum atomic E-state index is 12.1. The molecule has 1 rings (SSSR count). The van der Waals surface area contributed by atoms with Gasteiger partial charge in [0.25, 0.3) is 0 Å². The first-order chi connectivity index (χ1) is 14.1. The molecule has 0 radical (unpaired) electrons. The van der Waals surface area contributed by atoms with Gasteiger partial charge in [-0.15, -0.1) is 0 Å². The van der Waals surface area contributed by atoms with Crippen LogP contribution in [0.15, 0.2) is 24.3 Å². The van der Waals surface area contributed by atoms with E-state index in [1.165, 1.54) is 12.1 Å². The first kappa shape index (κ1) is 24.4. The molecule has 0 bridgehead atoms. The lowest BCUT2D eigenvalue weighted by Crippen LogP contribution is -2.52. The Balaban J connectivity index is 2.54. The largest absolute Gasteiger partial charge is 0.508 e. The van der Waals surface area contributed by atoms with Crippen molar-refractivity contribution in [1.82, 2.24) is 16.0 Å². The van der Waals surface area contributed by atoms with Crippen LogP contribution in [0.4, 0.5) is 0 Å². The van der Waals surface area contributed by atoms with Crippen LogP contribution in [0.3, 0.4) is 0 Å². The summed E-state index contributed by atoms with van der Waals surface area (Å²) in [6, 6.07) is 3.96. The van der Waals surface area contributed by atoms with Crippen LogP contribution in [0.25, 0.3) is 0 Å². The number of rotatable bonds is 12. The van der Waals surface area contributed by atoms with Crippen molar-refractivity contribution in [3.8, 4) is 5.75 Å². The van der Waals surface area contributed by atoms with Crippen molar-refractivity contribution in [2.24, 2.45) is 11.5 Å². The Bertz CT molecular complexity index is 782. The third-order valence-electron chi connectivity index (χ3n) is 3.90. The number of carboxylic acids is 1. The fraction of sp³-hybridized carbons (Fsp3) is 0.389. The number of primary amides is 1. The van der Waals surface area contributed by atoms with E-state index in [1.807, 2.05) is 0 Å². The summed E-state index contributed by atoms with van der Waals surface area (Å²) in [7, 11) is 0. The highest BCUT2D eigenvalue weighted by atomic mass is 16.4. The maximum Gasteiger partial charge on any atom is 0.322 e. The van der Waals surface area contributed by atoms with E-state index in [-0.39, 0.29) is 25.0 Å². The molecular weight excluding hydrogens is 398 g/mol. The van der Waals surface area contributed by atoms with Crippen LogP contribution in [0, 0.1) is 0 Å². The Hall–Kier alpha value is -3.67. The van der Waals surface area contributed by atoms with E-state index in [2.05, 4.69) is 16.0 Å². The summed E-state index contributed by atoms with van der Waals surface area (Å²) in [5, 5.41) is 24.6. The van der Waals surface area contributed by atoms with E-state index in [4.69, 9.17) is 16.6 Å². The van der Waals surface area contributed by atoms with Crippen molar-refractivity contribution < 1.29 is 34.2 Å². The number of nitrogens with one attached hydrogen (secondary N) is 3.